The average Bonchev–Trinajstić information content (AvgIpc) is 2.83. The second-order valence-corrected chi connectivity index (χ2v) is 9.02. The molecule has 0 bridgehead atoms. The number of nitrogen functional groups attached to an aromatic ring is 1. The van der Waals surface area contributed by atoms with Gasteiger partial charge in [0.05, 0.1) is 10.6 Å². The maximum absolute atomic E-state index is 14.9. The van der Waals surface area contributed by atoms with Crippen molar-refractivity contribution in [2.45, 2.75) is 11.8 Å². The summed E-state index contributed by atoms with van der Waals surface area (Å²) in [7, 11) is 0. The van der Waals surface area contributed by atoms with E-state index < -0.39 is 22.8 Å². The van der Waals surface area contributed by atoms with Crippen LogP contribution in [0.15, 0.2) is 75.9 Å². The second kappa shape index (κ2) is 10.7. The normalized spacial score (nSPS) is 12.6. The van der Waals surface area contributed by atoms with E-state index in [4.69, 9.17) is 17.0 Å². The minimum Gasteiger partial charge on any atom is -0.507 e. The minimum atomic E-state index is -1.86. The van der Waals surface area contributed by atoms with Crippen LogP contribution in [0.5, 0.6) is 5.75 Å². The van der Waals surface area contributed by atoms with Gasteiger partial charge in [-0.1, -0.05) is 24.3 Å². The number of amides is 1. The summed E-state index contributed by atoms with van der Waals surface area (Å²) in [6.45, 7) is 1.34. The van der Waals surface area contributed by atoms with E-state index in [2.05, 4.69) is 25.5 Å². The number of phenolic OH excluding ortho intramolecular Hbond substituents is 1. The smallest absolute Gasteiger partial charge is 0.284 e. The van der Waals surface area contributed by atoms with Gasteiger partial charge in [0.15, 0.2) is 5.83 Å². The number of aromatic hydroxyl groups is 1. The number of anilines is 1. The average molecular weight is 547 g/mol. The molecule has 0 fully saturated rings. The van der Waals surface area contributed by atoms with Crippen molar-refractivity contribution >= 4 is 50.0 Å². The predicted octanol–water partition coefficient (Wildman–Crippen LogP) is 4.36. The predicted molar refractivity (Wildman–Crippen MR) is 133 cm³/mol. The van der Waals surface area contributed by atoms with Crippen molar-refractivity contribution in [2.75, 3.05) is 5.32 Å². The summed E-state index contributed by atoms with van der Waals surface area (Å²) in [5.41, 5.74) is 7.20. The number of rotatable bonds is 7. The van der Waals surface area contributed by atoms with Gasteiger partial charge in [0.2, 0.25) is 11.1 Å². The molecular weight excluding hydrogens is 527 g/mol. The largest absolute Gasteiger partial charge is 0.507 e. The number of nitrogens with one attached hydrogen (secondary N) is 2. The number of nitrogens with two attached hydrogens (primary N) is 2. The second-order valence-electron chi connectivity index (χ2n) is 7.06. The maximum atomic E-state index is 14.9. The van der Waals surface area contributed by atoms with Gasteiger partial charge < -0.3 is 16.2 Å². The third kappa shape index (κ3) is 5.39. The first-order valence-electron chi connectivity index (χ1n) is 9.67. The van der Waals surface area contributed by atoms with Crippen molar-refractivity contribution in [3.8, 4) is 16.9 Å². The molecule has 0 aliphatic carbocycles. The van der Waals surface area contributed by atoms with E-state index in [0.717, 1.165) is 0 Å². The van der Waals surface area contributed by atoms with Crippen LogP contribution >= 0.6 is 15.9 Å². The molecule has 3 rings (SSSR count). The summed E-state index contributed by atoms with van der Waals surface area (Å²) in [4.78, 5) is 12.9. The topological polar surface area (TPSA) is 152 Å². The van der Waals surface area contributed by atoms with Crippen molar-refractivity contribution < 1.29 is 22.8 Å². The van der Waals surface area contributed by atoms with Crippen LogP contribution in [0.2, 0.25) is 0 Å². The zero-order chi connectivity index (χ0) is 25.0. The van der Waals surface area contributed by atoms with Gasteiger partial charge in [0.25, 0.3) is 5.91 Å². The Morgan fingerprint density at radius 2 is 1.88 bits per heavy atom. The van der Waals surface area contributed by atoms with E-state index in [0.29, 0.717) is 20.5 Å². The molecule has 3 aromatic carbocycles. The van der Waals surface area contributed by atoms with Crippen LogP contribution in [0.1, 0.15) is 18.1 Å². The summed E-state index contributed by atoms with van der Waals surface area (Å²) in [6.07, 6.45) is 0. The van der Waals surface area contributed by atoms with Crippen LogP contribution in [0, 0.1) is 5.41 Å². The minimum absolute atomic E-state index is 0.0430. The van der Waals surface area contributed by atoms with Gasteiger partial charge in [-0.2, -0.15) is 10.2 Å². The fourth-order valence-electron chi connectivity index (χ4n) is 3.16. The van der Waals surface area contributed by atoms with Crippen molar-refractivity contribution in [2.24, 2.45) is 11.6 Å². The molecule has 0 aliphatic rings. The molecule has 3 aromatic rings. The van der Waals surface area contributed by atoms with Crippen molar-refractivity contribution in [1.29, 1.82) is 5.41 Å². The fraction of sp³-hybridized carbons (Fsp3) is 0.0435. The molecule has 0 radical (unpaired) electrons. The van der Waals surface area contributed by atoms with E-state index in [-0.39, 0.29) is 34.0 Å². The SMILES string of the molecule is C/C(=C(\F)C(=O)Nc1ccc(-c2ccccc2S(=O)ON)cc1Br)c1cc(C(=N)N)ccc1O. The van der Waals surface area contributed by atoms with E-state index in [9.17, 15) is 18.5 Å². The molecule has 1 amide bonds. The van der Waals surface area contributed by atoms with Gasteiger partial charge >= 0.3 is 0 Å². The molecule has 1 atom stereocenters. The van der Waals surface area contributed by atoms with Gasteiger partial charge in [-0.25, -0.2) is 8.60 Å². The molecule has 7 N–H and O–H groups in total. The molecule has 0 heterocycles. The van der Waals surface area contributed by atoms with E-state index >= 15 is 0 Å². The summed E-state index contributed by atoms with van der Waals surface area (Å²) >= 11 is 1.49. The first-order chi connectivity index (χ1) is 16.1. The third-order valence-electron chi connectivity index (χ3n) is 4.92. The number of hydrogen-bond acceptors (Lipinski definition) is 6. The molecule has 0 saturated heterocycles. The highest BCUT2D eigenvalue weighted by molar-refractivity contribution is 9.10. The number of allylic oxidation sites excluding steroid dienone is 1. The molecule has 1 unspecified atom stereocenters. The Balaban J connectivity index is 1.90. The summed E-state index contributed by atoms with van der Waals surface area (Å²) in [5, 5.41) is 20.1. The number of carbonyl (C=O) groups is 1. The van der Waals surface area contributed by atoms with E-state index in [1.54, 1.807) is 42.5 Å². The highest BCUT2D eigenvalue weighted by atomic mass is 79.9. The standard InChI is InChI=1S/C23H20BrFN4O4S/c1-12(16-10-14(22(26)27)7-9-19(16)30)21(25)23(31)29-18-8-6-13(11-17(18)24)15-4-2-3-5-20(15)34(32)33-28/h2-11,30H,28H2,1H3,(H3,26,27)(H,29,31)/b21-12+. The maximum Gasteiger partial charge on any atom is 0.284 e. The third-order valence-corrected chi connectivity index (χ3v) is 6.47. The molecular formula is C23H20BrFN4O4S. The highest BCUT2D eigenvalue weighted by Gasteiger charge is 2.19. The van der Waals surface area contributed by atoms with Crippen LogP contribution < -0.4 is 16.9 Å². The van der Waals surface area contributed by atoms with E-state index in [1.165, 1.54) is 25.1 Å². The van der Waals surface area contributed by atoms with E-state index in [1.807, 2.05) is 0 Å². The van der Waals surface area contributed by atoms with Crippen LogP contribution in [-0.2, 0) is 20.2 Å². The lowest BCUT2D eigenvalue weighted by molar-refractivity contribution is -0.114. The summed E-state index contributed by atoms with van der Waals surface area (Å²) in [6, 6.07) is 15.7. The first kappa shape index (κ1) is 25.2. The number of carbonyl (C=O) groups excluding carboxylic acids is 1. The number of halogens is 2. The zero-order valence-corrected chi connectivity index (χ0v) is 20.2. The number of hydrogen-bond donors (Lipinski definition) is 5. The Morgan fingerprint density at radius 1 is 1.18 bits per heavy atom. The quantitative estimate of drug-likeness (QED) is 0.128. The molecule has 0 aromatic heterocycles. The van der Waals surface area contributed by atoms with Crippen molar-refractivity contribution in [1.82, 2.24) is 0 Å². The Labute approximate surface area is 205 Å². The molecule has 11 heteroatoms. The van der Waals surface area contributed by atoms with Gasteiger partial charge in [-0.3, -0.25) is 10.2 Å². The van der Waals surface area contributed by atoms with Crippen molar-refractivity contribution in [3.05, 3.63) is 82.1 Å². The fourth-order valence-corrected chi connectivity index (χ4v) is 4.29. The number of phenols is 1. The summed E-state index contributed by atoms with van der Waals surface area (Å²) in [5.74, 6) is 2.40. The van der Waals surface area contributed by atoms with Crippen molar-refractivity contribution in [3.63, 3.8) is 0 Å². The van der Waals surface area contributed by atoms with Gasteiger partial charge in [0, 0.05) is 26.7 Å². The lowest BCUT2D eigenvalue weighted by atomic mass is 10.0. The van der Waals surface area contributed by atoms with Gasteiger partial charge in [-0.15, -0.1) is 0 Å². The first-order valence-corrected chi connectivity index (χ1v) is 11.5. The lowest BCUT2D eigenvalue weighted by Gasteiger charge is -2.12. The van der Waals surface area contributed by atoms with Crippen LogP contribution in [-0.4, -0.2) is 21.1 Å². The lowest BCUT2D eigenvalue weighted by Crippen LogP contribution is -2.14. The zero-order valence-electron chi connectivity index (χ0n) is 17.8. The molecule has 176 valence electrons. The van der Waals surface area contributed by atoms with Gasteiger partial charge in [0.1, 0.15) is 11.6 Å². The molecule has 0 aliphatic heterocycles. The Bertz CT molecular complexity index is 1350. The molecule has 0 spiro atoms. The Kier molecular flexibility index (Phi) is 7.94. The van der Waals surface area contributed by atoms with Crippen LogP contribution in [0.25, 0.3) is 16.7 Å². The molecule has 0 saturated carbocycles. The molecule has 34 heavy (non-hydrogen) atoms. The Hall–Kier alpha value is -3.38. The summed E-state index contributed by atoms with van der Waals surface area (Å²) < 4.78 is 31.9. The highest BCUT2D eigenvalue weighted by Crippen LogP contribution is 2.33. The monoisotopic (exact) mass is 546 g/mol. The number of benzene rings is 3. The van der Waals surface area contributed by atoms with Gasteiger partial charge in [-0.05, 0) is 64.8 Å². The number of amidine groups is 1. The Morgan fingerprint density at radius 3 is 2.53 bits per heavy atom. The van der Waals surface area contributed by atoms with Crippen LogP contribution in [0.4, 0.5) is 10.1 Å². The van der Waals surface area contributed by atoms with Crippen LogP contribution in [0.3, 0.4) is 0 Å². The molecule has 8 nitrogen and oxygen atoms in total.